The minimum absolute atomic E-state index is 0.0397. The van der Waals surface area contributed by atoms with Gasteiger partial charge in [-0.3, -0.25) is 14.4 Å². The van der Waals surface area contributed by atoms with E-state index in [4.69, 9.17) is 5.73 Å². The molecule has 11 heteroatoms. The lowest BCUT2D eigenvalue weighted by atomic mass is 10.0. The minimum atomic E-state index is -1.37. The zero-order valence-electron chi connectivity index (χ0n) is 21.2. The summed E-state index contributed by atoms with van der Waals surface area (Å²) in [6, 6.07) is 2.79. The first-order valence-corrected chi connectivity index (χ1v) is 12.0. The first-order chi connectivity index (χ1) is 16.8. The van der Waals surface area contributed by atoms with Crippen LogP contribution in [0.4, 0.5) is 0 Å². The molecule has 1 heterocycles. The molecule has 11 nitrogen and oxygen atoms in total. The number of aliphatic carboxylic acids is 1. The van der Waals surface area contributed by atoms with Crippen LogP contribution in [0.15, 0.2) is 30.5 Å². The summed E-state index contributed by atoms with van der Waals surface area (Å²) in [6.07, 6.45) is 0.467. The van der Waals surface area contributed by atoms with Crippen LogP contribution in [-0.2, 0) is 25.6 Å². The summed E-state index contributed by atoms with van der Waals surface area (Å²) < 4.78 is 0. The fraction of sp³-hybridized carbons (Fsp3) is 0.520. The Labute approximate surface area is 210 Å². The second-order valence-electron chi connectivity index (χ2n) is 9.69. The summed E-state index contributed by atoms with van der Waals surface area (Å²) in [5.41, 5.74) is 7.42. The van der Waals surface area contributed by atoms with Crippen LogP contribution in [0, 0.1) is 11.8 Å². The van der Waals surface area contributed by atoms with E-state index < -0.39 is 59.9 Å². The Morgan fingerprint density at radius 2 is 1.50 bits per heavy atom. The summed E-state index contributed by atoms with van der Waals surface area (Å²) in [5.74, 6) is -3.93. The summed E-state index contributed by atoms with van der Waals surface area (Å²) in [5, 5.41) is 28.1. The summed E-state index contributed by atoms with van der Waals surface area (Å²) in [4.78, 5) is 53.5. The molecule has 0 radical (unpaired) electrons. The Kier molecular flexibility index (Phi) is 10.00. The summed E-state index contributed by atoms with van der Waals surface area (Å²) >= 11 is 0. The molecule has 198 valence electrons. The van der Waals surface area contributed by atoms with Gasteiger partial charge in [-0.2, -0.15) is 0 Å². The van der Waals surface area contributed by atoms with Crippen LogP contribution in [0.2, 0.25) is 0 Å². The molecule has 1 aromatic carbocycles. The second-order valence-corrected chi connectivity index (χ2v) is 9.69. The Bertz CT molecular complexity index is 1080. The number of hydrogen-bond acceptors (Lipinski definition) is 6. The lowest BCUT2D eigenvalue weighted by Gasteiger charge is -2.27. The third-order valence-corrected chi connectivity index (χ3v) is 6.05. The molecule has 0 saturated carbocycles. The van der Waals surface area contributed by atoms with Gasteiger partial charge in [0.15, 0.2) is 0 Å². The van der Waals surface area contributed by atoms with Crippen LogP contribution in [0.25, 0.3) is 10.9 Å². The standard InChI is InChI=1S/C25H37N5O6/c1-12(2)19(26)23(33)30-21(14(5)31)24(34)28-18(22(32)29-20(13(3)4)25(35)36)10-15-11-27-17-9-7-6-8-16(15)17/h6-9,11-14,18-21,27,31H,10,26H2,1-5H3,(H,28,34)(H,29,32)(H,30,33)(H,35,36)/t14-,18+,19+,20+,21+/m1/s1. The van der Waals surface area contributed by atoms with Crippen molar-refractivity contribution >= 4 is 34.6 Å². The molecule has 0 aliphatic heterocycles. The van der Waals surface area contributed by atoms with Gasteiger partial charge < -0.3 is 36.9 Å². The molecule has 2 rings (SSSR count). The van der Waals surface area contributed by atoms with E-state index >= 15 is 0 Å². The number of benzene rings is 1. The minimum Gasteiger partial charge on any atom is -0.480 e. The lowest BCUT2D eigenvalue weighted by molar-refractivity contribution is -0.143. The number of nitrogens with one attached hydrogen (secondary N) is 4. The topological polar surface area (TPSA) is 187 Å². The van der Waals surface area contributed by atoms with Crippen molar-refractivity contribution < 1.29 is 29.4 Å². The highest BCUT2D eigenvalue weighted by molar-refractivity contribution is 5.95. The van der Waals surface area contributed by atoms with Crippen molar-refractivity contribution in [3.05, 3.63) is 36.0 Å². The normalized spacial score (nSPS) is 15.7. The van der Waals surface area contributed by atoms with Gasteiger partial charge in [-0.1, -0.05) is 45.9 Å². The smallest absolute Gasteiger partial charge is 0.326 e. The maximum absolute atomic E-state index is 13.2. The zero-order chi connectivity index (χ0) is 27.2. The van der Waals surface area contributed by atoms with E-state index in [1.54, 1.807) is 33.9 Å². The number of carbonyl (C=O) groups is 4. The number of aliphatic hydroxyl groups excluding tert-OH is 1. The number of H-pyrrole nitrogens is 1. The van der Waals surface area contributed by atoms with E-state index in [1.807, 2.05) is 24.3 Å². The van der Waals surface area contributed by atoms with E-state index in [1.165, 1.54) is 6.92 Å². The Morgan fingerprint density at radius 3 is 2.06 bits per heavy atom. The Balaban J connectivity index is 2.32. The predicted octanol–water partition coefficient (Wildman–Crippen LogP) is 0.270. The quantitative estimate of drug-likeness (QED) is 0.216. The van der Waals surface area contributed by atoms with Crippen molar-refractivity contribution in [2.75, 3.05) is 0 Å². The van der Waals surface area contributed by atoms with Gasteiger partial charge in [0, 0.05) is 23.5 Å². The number of carboxylic acids is 1. The number of aliphatic hydroxyl groups is 1. The predicted molar refractivity (Wildman–Crippen MR) is 135 cm³/mol. The largest absolute Gasteiger partial charge is 0.480 e. The summed E-state index contributed by atoms with van der Waals surface area (Å²) in [7, 11) is 0. The number of aromatic nitrogens is 1. The number of nitrogens with two attached hydrogens (primary N) is 1. The van der Waals surface area contributed by atoms with Gasteiger partial charge in [-0.25, -0.2) is 4.79 Å². The molecule has 36 heavy (non-hydrogen) atoms. The van der Waals surface area contributed by atoms with Gasteiger partial charge in [0.05, 0.1) is 12.1 Å². The van der Waals surface area contributed by atoms with Crippen LogP contribution in [-0.4, -0.2) is 69.2 Å². The molecular weight excluding hydrogens is 466 g/mol. The Morgan fingerprint density at radius 1 is 0.889 bits per heavy atom. The van der Waals surface area contributed by atoms with Crippen molar-refractivity contribution in [2.45, 2.75) is 71.3 Å². The number of para-hydroxylation sites is 1. The van der Waals surface area contributed by atoms with Crippen molar-refractivity contribution in [1.82, 2.24) is 20.9 Å². The van der Waals surface area contributed by atoms with Crippen LogP contribution in [0.5, 0.6) is 0 Å². The van der Waals surface area contributed by atoms with Crippen LogP contribution >= 0.6 is 0 Å². The first kappa shape index (κ1) is 28.8. The molecule has 0 fully saturated rings. The molecule has 0 aliphatic rings. The van der Waals surface area contributed by atoms with Crippen LogP contribution < -0.4 is 21.7 Å². The van der Waals surface area contributed by atoms with E-state index in [0.717, 1.165) is 16.5 Å². The van der Waals surface area contributed by atoms with E-state index in [0.29, 0.717) is 0 Å². The highest BCUT2D eigenvalue weighted by Crippen LogP contribution is 2.19. The number of hydrogen-bond donors (Lipinski definition) is 7. The van der Waals surface area contributed by atoms with Crippen molar-refractivity contribution in [1.29, 1.82) is 0 Å². The molecular formula is C25H37N5O6. The monoisotopic (exact) mass is 503 g/mol. The Hall–Kier alpha value is -3.44. The summed E-state index contributed by atoms with van der Waals surface area (Å²) in [6.45, 7) is 8.14. The van der Waals surface area contributed by atoms with Crippen molar-refractivity contribution in [3.8, 4) is 0 Å². The molecule has 2 aromatic rings. The number of fused-ring (bicyclic) bond motifs is 1. The first-order valence-electron chi connectivity index (χ1n) is 12.0. The van der Waals surface area contributed by atoms with E-state index in [2.05, 4.69) is 20.9 Å². The molecule has 0 spiro atoms. The van der Waals surface area contributed by atoms with Crippen LogP contribution in [0.3, 0.4) is 0 Å². The SMILES string of the molecule is CC(C)[C@H](N)C(=O)N[C@H](C(=O)N[C@@H](Cc1c[nH]c2ccccc12)C(=O)N[C@H](C(=O)O)C(C)C)[C@@H](C)O. The maximum Gasteiger partial charge on any atom is 0.326 e. The average Bonchev–Trinajstić information content (AvgIpc) is 3.21. The fourth-order valence-electron chi connectivity index (χ4n) is 3.72. The second kappa shape index (κ2) is 12.5. The van der Waals surface area contributed by atoms with Gasteiger partial charge in [-0.05, 0) is 30.4 Å². The van der Waals surface area contributed by atoms with Gasteiger partial charge in [0.1, 0.15) is 18.1 Å². The zero-order valence-corrected chi connectivity index (χ0v) is 21.2. The van der Waals surface area contributed by atoms with Gasteiger partial charge in [-0.15, -0.1) is 0 Å². The average molecular weight is 504 g/mol. The highest BCUT2D eigenvalue weighted by Gasteiger charge is 2.33. The van der Waals surface area contributed by atoms with Gasteiger partial charge in [0.25, 0.3) is 0 Å². The van der Waals surface area contributed by atoms with Crippen molar-refractivity contribution in [2.24, 2.45) is 17.6 Å². The fourth-order valence-corrected chi connectivity index (χ4v) is 3.72. The molecule has 1 aromatic heterocycles. The lowest BCUT2D eigenvalue weighted by Crippen LogP contribution is -2.60. The van der Waals surface area contributed by atoms with E-state index in [9.17, 15) is 29.4 Å². The number of amides is 3. The molecule has 5 atom stereocenters. The molecule has 0 saturated heterocycles. The number of carboxylic acid groups (broad SMARTS) is 1. The molecule has 8 N–H and O–H groups in total. The third-order valence-electron chi connectivity index (χ3n) is 6.05. The highest BCUT2D eigenvalue weighted by atomic mass is 16.4. The number of rotatable bonds is 12. The number of aromatic amines is 1. The van der Waals surface area contributed by atoms with Crippen LogP contribution in [0.1, 0.15) is 40.2 Å². The number of carbonyl (C=O) groups excluding carboxylic acids is 3. The molecule has 3 amide bonds. The van der Waals surface area contributed by atoms with Crippen molar-refractivity contribution in [3.63, 3.8) is 0 Å². The molecule has 0 unspecified atom stereocenters. The van der Waals surface area contributed by atoms with Gasteiger partial charge >= 0.3 is 5.97 Å². The molecule has 0 aliphatic carbocycles. The molecule has 0 bridgehead atoms. The maximum atomic E-state index is 13.2. The third kappa shape index (κ3) is 7.28. The van der Waals surface area contributed by atoms with Gasteiger partial charge in [0.2, 0.25) is 17.7 Å². The van der Waals surface area contributed by atoms with E-state index in [-0.39, 0.29) is 12.3 Å².